The quantitative estimate of drug-likeness (QED) is 0.621. The minimum absolute atomic E-state index is 0.102. The molecule has 142 valence electrons. The van der Waals surface area contributed by atoms with Gasteiger partial charge in [0, 0.05) is 18.8 Å². The first kappa shape index (κ1) is 21.4. The fourth-order valence-electron chi connectivity index (χ4n) is 2.24. The average molecular weight is 351 g/mol. The minimum atomic E-state index is -0.177. The Morgan fingerprint density at radius 1 is 1.20 bits per heavy atom. The Bertz CT molecular complexity index is 494. The summed E-state index contributed by atoms with van der Waals surface area (Å²) in [6.45, 7) is 15.0. The van der Waals surface area contributed by atoms with Gasteiger partial charge in [-0.05, 0) is 52.9 Å². The Kier molecular flexibility index (Phi) is 9.45. The van der Waals surface area contributed by atoms with Gasteiger partial charge in [0.05, 0.1) is 17.8 Å². The molecule has 1 aromatic heterocycles. The largest absolute Gasteiger partial charge is 0.475 e. The van der Waals surface area contributed by atoms with Crippen molar-refractivity contribution in [1.82, 2.24) is 15.2 Å². The standard InChI is InChI=1S/C19H33N3O3/c1-6-22(7-2)12-8-11-20-18(23)16-9-10-17(21-15-16)24-13-14-25-19(3,4)5/h9-10,15H,6-8,11-14H2,1-5H3,(H,20,23). The zero-order valence-corrected chi connectivity index (χ0v) is 16.3. The molecule has 1 aromatic rings. The topological polar surface area (TPSA) is 63.7 Å². The lowest BCUT2D eigenvalue weighted by Gasteiger charge is -2.19. The Labute approximate surface area is 151 Å². The van der Waals surface area contributed by atoms with Crippen LogP contribution in [0.1, 0.15) is 51.4 Å². The van der Waals surface area contributed by atoms with Crippen molar-refractivity contribution in [1.29, 1.82) is 0 Å². The van der Waals surface area contributed by atoms with Gasteiger partial charge in [0.15, 0.2) is 0 Å². The molecule has 0 radical (unpaired) electrons. The number of aromatic nitrogens is 1. The molecule has 6 nitrogen and oxygen atoms in total. The summed E-state index contributed by atoms with van der Waals surface area (Å²) in [5.41, 5.74) is 0.366. The molecule has 0 aromatic carbocycles. The monoisotopic (exact) mass is 351 g/mol. The minimum Gasteiger partial charge on any atom is -0.475 e. The number of amides is 1. The Morgan fingerprint density at radius 2 is 1.92 bits per heavy atom. The Hall–Kier alpha value is -1.66. The van der Waals surface area contributed by atoms with Gasteiger partial charge < -0.3 is 19.7 Å². The molecule has 0 aliphatic rings. The SMILES string of the molecule is CCN(CC)CCCNC(=O)c1ccc(OCCOC(C)(C)C)nc1. The molecular formula is C19H33N3O3. The number of nitrogens with zero attached hydrogens (tertiary/aromatic N) is 2. The summed E-state index contributed by atoms with van der Waals surface area (Å²) in [5, 5.41) is 2.92. The number of hydrogen-bond acceptors (Lipinski definition) is 5. The third-order valence-corrected chi connectivity index (χ3v) is 3.70. The molecule has 0 atom stereocenters. The molecule has 0 aliphatic carbocycles. The van der Waals surface area contributed by atoms with Crippen LogP contribution in [-0.2, 0) is 4.74 Å². The van der Waals surface area contributed by atoms with Crippen molar-refractivity contribution in [3.63, 3.8) is 0 Å². The number of carbonyl (C=O) groups excluding carboxylic acids is 1. The van der Waals surface area contributed by atoms with Crippen molar-refractivity contribution in [3.8, 4) is 5.88 Å². The van der Waals surface area contributed by atoms with E-state index in [1.165, 1.54) is 0 Å². The number of hydrogen-bond donors (Lipinski definition) is 1. The van der Waals surface area contributed by atoms with Gasteiger partial charge in [0.2, 0.25) is 5.88 Å². The van der Waals surface area contributed by atoms with Crippen LogP contribution in [0.4, 0.5) is 0 Å². The van der Waals surface area contributed by atoms with E-state index in [1.54, 1.807) is 18.3 Å². The summed E-state index contributed by atoms with van der Waals surface area (Å²) in [7, 11) is 0. The summed E-state index contributed by atoms with van der Waals surface area (Å²) in [6.07, 6.45) is 2.48. The van der Waals surface area contributed by atoms with Crippen molar-refractivity contribution in [2.24, 2.45) is 0 Å². The molecule has 0 fully saturated rings. The Morgan fingerprint density at radius 3 is 2.48 bits per heavy atom. The van der Waals surface area contributed by atoms with Crippen LogP contribution < -0.4 is 10.1 Å². The van der Waals surface area contributed by atoms with E-state index in [1.807, 2.05) is 20.8 Å². The summed E-state index contributed by atoms with van der Waals surface area (Å²) in [4.78, 5) is 18.6. The van der Waals surface area contributed by atoms with Gasteiger partial charge in [-0.3, -0.25) is 4.79 Å². The van der Waals surface area contributed by atoms with Crippen molar-refractivity contribution < 1.29 is 14.3 Å². The molecule has 6 heteroatoms. The molecular weight excluding hydrogens is 318 g/mol. The van der Waals surface area contributed by atoms with E-state index >= 15 is 0 Å². The van der Waals surface area contributed by atoms with E-state index in [2.05, 4.69) is 29.0 Å². The summed E-state index contributed by atoms with van der Waals surface area (Å²) in [5.74, 6) is 0.394. The summed E-state index contributed by atoms with van der Waals surface area (Å²) >= 11 is 0. The van der Waals surface area contributed by atoms with Gasteiger partial charge in [-0.1, -0.05) is 13.8 Å². The van der Waals surface area contributed by atoms with Crippen molar-refractivity contribution in [2.45, 2.75) is 46.6 Å². The van der Waals surface area contributed by atoms with Gasteiger partial charge in [-0.15, -0.1) is 0 Å². The highest BCUT2D eigenvalue weighted by Gasteiger charge is 2.10. The molecule has 0 unspecified atom stereocenters. The van der Waals surface area contributed by atoms with Crippen LogP contribution in [0.3, 0.4) is 0 Å². The molecule has 1 amide bonds. The first-order valence-corrected chi connectivity index (χ1v) is 9.09. The number of pyridine rings is 1. The van der Waals surface area contributed by atoms with E-state index in [0.29, 0.717) is 31.2 Å². The zero-order valence-electron chi connectivity index (χ0n) is 16.3. The Balaban J connectivity index is 2.29. The first-order chi connectivity index (χ1) is 11.9. The van der Waals surface area contributed by atoms with E-state index in [-0.39, 0.29) is 11.5 Å². The van der Waals surface area contributed by atoms with Crippen LogP contribution in [-0.4, -0.2) is 60.8 Å². The van der Waals surface area contributed by atoms with E-state index in [0.717, 1.165) is 26.1 Å². The van der Waals surface area contributed by atoms with Gasteiger partial charge >= 0.3 is 0 Å². The molecule has 1 rings (SSSR count). The van der Waals surface area contributed by atoms with Gasteiger partial charge in [0.1, 0.15) is 6.61 Å². The molecule has 0 spiro atoms. The molecule has 0 bridgehead atoms. The maximum atomic E-state index is 12.1. The molecule has 1 heterocycles. The van der Waals surface area contributed by atoms with Crippen LogP contribution in [0.15, 0.2) is 18.3 Å². The lowest BCUT2D eigenvalue weighted by molar-refractivity contribution is -0.0168. The van der Waals surface area contributed by atoms with Crippen molar-refractivity contribution in [3.05, 3.63) is 23.9 Å². The molecule has 0 saturated carbocycles. The highest BCUT2D eigenvalue weighted by atomic mass is 16.5. The second-order valence-corrected chi connectivity index (χ2v) is 6.83. The van der Waals surface area contributed by atoms with Crippen molar-refractivity contribution >= 4 is 5.91 Å². The maximum absolute atomic E-state index is 12.1. The molecule has 25 heavy (non-hydrogen) atoms. The third kappa shape index (κ3) is 9.41. The van der Waals surface area contributed by atoms with Gasteiger partial charge in [-0.2, -0.15) is 0 Å². The smallest absolute Gasteiger partial charge is 0.252 e. The fraction of sp³-hybridized carbons (Fsp3) is 0.684. The highest BCUT2D eigenvalue weighted by molar-refractivity contribution is 5.93. The first-order valence-electron chi connectivity index (χ1n) is 9.09. The summed E-state index contributed by atoms with van der Waals surface area (Å²) in [6, 6.07) is 3.44. The number of carbonyl (C=O) groups is 1. The number of rotatable bonds is 11. The van der Waals surface area contributed by atoms with Crippen LogP contribution in [0, 0.1) is 0 Å². The third-order valence-electron chi connectivity index (χ3n) is 3.70. The van der Waals surface area contributed by atoms with Gasteiger partial charge in [-0.25, -0.2) is 4.98 Å². The van der Waals surface area contributed by atoms with Crippen molar-refractivity contribution in [2.75, 3.05) is 39.4 Å². The normalized spacial score (nSPS) is 11.6. The number of nitrogens with one attached hydrogen (secondary N) is 1. The fourth-order valence-corrected chi connectivity index (χ4v) is 2.24. The van der Waals surface area contributed by atoms with E-state index < -0.39 is 0 Å². The van der Waals surface area contributed by atoms with E-state index in [4.69, 9.17) is 9.47 Å². The predicted octanol–water partition coefficient (Wildman–Crippen LogP) is 2.74. The second-order valence-electron chi connectivity index (χ2n) is 6.83. The van der Waals surface area contributed by atoms with Gasteiger partial charge in [0.25, 0.3) is 5.91 Å². The van der Waals surface area contributed by atoms with Crippen LogP contribution in [0.25, 0.3) is 0 Å². The van der Waals surface area contributed by atoms with Crippen LogP contribution in [0.2, 0.25) is 0 Å². The summed E-state index contributed by atoms with van der Waals surface area (Å²) < 4.78 is 11.1. The molecule has 0 aliphatic heterocycles. The maximum Gasteiger partial charge on any atom is 0.252 e. The lowest BCUT2D eigenvalue weighted by atomic mass is 10.2. The van der Waals surface area contributed by atoms with Crippen LogP contribution in [0.5, 0.6) is 5.88 Å². The number of ether oxygens (including phenoxy) is 2. The molecule has 0 saturated heterocycles. The lowest BCUT2D eigenvalue weighted by Crippen LogP contribution is -2.29. The average Bonchev–Trinajstić information content (AvgIpc) is 2.58. The predicted molar refractivity (Wildman–Crippen MR) is 100 cm³/mol. The van der Waals surface area contributed by atoms with Crippen LogP contribution >= 0.6 is 0 Å². The highest BCUT2D eigenvalue weighted by Crippen LogP contribution is 2.09. The molecule has 1 N–H and O–H groups in total. The van der Waals surface area contributed by atoms with E-state index in [9.17, 15) is 4.79 Å². The second kappa shape index (κ2) is 11.1. The zero-order chi connectivity index (χ0) is 18.7.